The van der Waals surface area contributed by atoms with Gasteiger partial charge >= 0.3 is 5.97 Å². The van der Waals surface area contributed by atoms with Crippen LogP contribution in [0.4, 0.5) is 11.4 Å². The SMILES string of the molecule is CCOC(=O)CN(c1ccc(Cl)cc1)S(=O)(=O)c1ccc(NC(C)=O)cc1. The predicted octanol–water partition coefficient (Wildman–Crippen LogP) is 3.06. The maximum absolute atomic E-state index is 13.1. The van der Waals surface area contributed by atoms with Gasteiger partial charge in [-0.25, -0.2) is 8.42 Å². The van der Waals surface area contributed by atoms with Crippen molar-refractivity contribution in [3.8, 4) is 0 Å². The van der Waals surface area contributed by atoms with E-state index in [9.17, 15) is 18.0 Å². The van der Waals surface area contributed by atoms with Crippen molar-refractivity contribution in [2.24, 2.45) is 0 Å². The fraction of sp³-hybridized carbons (Fsp3) is 0.222. The van der Waals surface area contributed by atoms with Crippen molar-refractivity contribution in [2.45, 2.75) is 18.7 Å². The third kappa shape index (κ3) is 5.45. The summed E-state index contributed by atoms with van der Waals surface area (Å²) in [5.74, 6) is -0.943. The molecular weight excluding hydrogens is 392 g/mol. The van der Waals surface area contributed by atoms with Crippen LogP contribution in [0.2, 0.25) is 5.02 Å². The Morgan fingerprint density at radius 1 is 1.07 bits per heavy atom. The zero-order chi connectivity index (χ0) is 20.0. The van der Waals surface area contributed by atoms with Gasteiger partial charge in [-0.3, -0.25) is 13.9 Å². The van der Waals surface area contributed by atoms with Crippen molar-refractivity contribution in [1.29, 1.82) is 0 Å². The highest BCUT2D eigenvalue weighted by molar-refractivity contribution is 7.92. The minimum absolute atomic E-state index is 0.0316. The normalized spacial score (nSPS) is 10.9. The molecule has 0 aromatic heterocycles. The predicted molar refractivity (Wildman–Crippen MR) is 103 cm³/mol. The van der Waals surface area contributed by atoms with Crippen LogP contribution in [0, 0.1) is 0 Å². The van der Waals surface area contributed by atoms with Gasteiger partial charge in [0.2, 0.25) is 5.91 Å². The lowest BCUT2D eigenvalue weighted by Gasteiger charge is -2.23. The van der Waals surface area contributed by atoms with Crippen LogP contribution in [0.3, 0.4) is 0 Å². The first-order chi connectivity index (χ1) is 12.7. The summed E-state index contributed by atoms with van der Waals surface area (Å²) in [5, 5.41) is 3.00. The summed E-state index contributed by atoms with van der Waals surface area (Å²) in [7, 11) is -4.05. The Hall–Kier alpha value is -2.58. The molecule has 0 radical (unpaired) electrons. The van der Waals surface area contributed by atoms with Crippen LogP contribution in [0.5, 0.6) is 0 Å². The molecule has 0 aliphatic rings. The van der Waals surface area contributed by atoms with Gasteiger partial charge in [-0.1, -0.05) is 11.6 Å². The third-order valence-electron chi connectivity index (χ3n) is 3.46. The molecule has 0 aliphatic carbocycles. The van der Waals surface area contributed by atoms with E-state index in [2.05, 4.69) is 5.32 Å². The third-order valence-corrected chi connectivity index (χ3v) is 5.50. The summed E-state index contributed by atoms with van der Waals surface area (Å²) < 4.78 is 32.0. The smallest absolute Gasteiger partial charge is 0.326 e. The van der Waals surface area contributed by atoms with Gasteiger partial charge in [0.1, 0.15) is 6.54 Å². The highest BCUT2D eigenvalue weighted by atomic mass is 35.5. The molecule has 0 aliphatic heterocycles. The van der Waals surface area contributed by atoms with Crippen LogP contribution in [0.1, 0.15) is 13.8 Å². The molecule has 0 atom stereocenters. The number of nitrogens with one attached hydrogen (secondary N) is 1. The summed E-state index contributed by atoms with van der Waals surface area (Å²) in [5.41, 5.74) is 0.739. The molecule has 2 rings (SSSR count). The maximum Gasteiger partial charge on any atom is 0.326 e. The number of benzene rings is 2. The summed E-state index contributed by atoms with van der Waals surface area (Å²) in [6, 6.07) is 11.7. The highest BCUT2D eigenvalue weighted by Gasteiger charge is 2.27. The van der Waals surface area contributed by atoms with Crippen molar-refractivity contribution < 1.29 is 22.7 Å². The minimum Gasteiger partial charge on any atom is -0.465 e. The number of hydrogen-bond donors (Lipinski definition) is 1. The standard InChI is InChI=1S/C18H19ClN2O5S/c1-3-26-18(23)12-21(16-8-4-14(19)5-9-16)27(24,25)17-10-6-15(7-11-17)20-13(2)22/h4-11H,3,12H2,1-2H3,(H,20,22). The monoisotopic (exact) mass is 410 g/mol. The molecule has 27 heavy (non-hydrogen) atoms. The van der Waals surface area contributed by atoms with Crippen molar-refractivity contribution in [2.75, 3.05) is 22.8 Å². The average Bonchev–Trinajstić information content (AvgIpc) is 2.61. The van der Waals surface area contributed by atoms with E-state index in [0.717, 1.165) is 4.31 Å². The lowest BCUT2D eigenvalue weighted by molar-refractivity contribution is -0.141. The van der Waals surface area contributed by atoms with Crippen molar-refractivity contribution in [1.82, 2.24) is 0 Å². The molecule has 9 heteroatoms. The van der Waals surface area contributed by atoms with E-state index < -0.39 is 22.5 Å². The summed E-state index contributed by atoms with van der Waals surface area (Å²) in [6.45, 7) is 2.65. The fourth-order valence-corrected chi connectivity index (χ4v) is 3.82. The summed E-state index contributed by atoms with van der Waals surface area (Å²) >= 11 is 5.87. The minimum atomic E-state index is -4.05. The number of anilines is 2. The molecule has 0 bridgehead atoms. The lowest BCUT2D eigenvalue weighted by Crippen LogP contribution is -2.36. The number of hydrogen-bond acceptors (Lipinski definition) is 5. The van der Waals surface area contributed by atoms with Crippen molar-refractivity contribution in [3.63, 3.8) is 0 Å². The first-order valence-corrected chi connectivity index (χ1v) is 9.87. The number of sulfonamides is 1. The van der Waals surface area contributed by atoms with Gasteiger partial charge in [0, 0.05) is 17.6 Å². The van der Waals surface area contributed by atoms with Crippen LogP contribution in [0.15, 0.2) is 53.4 Å². The van der Waals surface area contributed by atoms with Gasteiger partial charge in [-0.15, -0.1) is 0 Å². The van der Waals surface area contributed by atoms with E-state index in [4.69, 9.17) is 16.3 Å². The van der Waals surface area contributed by atoms with Gasteiger partial charge in [-0.2, -0.15) is 0 Å². The van der Waals surface area contributed by atoms with Gasteiger partial charge in [0.05, 0.1) is 17.2 Å². The average molecular weight is 411 g/mol. The summed E-state index contributed by atoms with van der Waals surface area (Å²) in [4.78, 5) is 23.0. The zero-order valence-corrected chi connectivity index (χ0v) is 16.4. The topological polar surface area (TPSA) is 92.8 Å². The Labute approximate surface area is 162 Å². The molecule has 2 aromatic rings. The second-order valence-corrected chi connectivity index (χ2v) is 7.80. The molecule has 1 amide bonds. The number of carbonyl (C=O) groups is 2. The number of halogens is 1. The molecule has 1 N–H and O–H groups in total. The van der Waals surface area contributed by atoms with Gasteiger partial charge in [0.25, 0.3) is 10.0 Å². The Morgan fingerprint density at radius 2 is 1.67 bits per heavy atom. The van der Waals surface area contributed by atoms with Crippen LogP contribution in [0.25, 0.3) is 0 Å². The van der Waals surface area contributed by atoms with E-state index in [0.29, 0.717) is 10.7 Å². The molecular formula is C18H19ClN2O5S. The second-order valence-electron chi connectivity index (χ2n) is 5.50. The van der Waals surface area contributed by atoms with E-state index in [1.54, 1.807) is 6.92 Å². The van der Waals surface area contributed by atoms with E-state index in [1.165, 1.54) is 55.5 Å². The fourth-order valence-electron chi connectivity index (χ4n) is 2.29. The van der Waals surface area contributed by atoms with E-state index >= 15 is 0 Å². The van der Waals surface area contributed by atoms with Crippen LogP contribution < -0.4 is 9.62 Å². The Bertz CT molecular complexity index is 912. The highest BCUT2D eigenvalue weighted by Crippen LogP contribution is 2.26. The van der Waals surface area contributed by atoms with E-state index in [1.807, 2.05) is 0 Å². The molecule has 0 spiro atoms. The number of esters is 1. The molecule has 7 nitrogen and oxygen atoms in total. The van der Waals surface area contributed by atoms with Crippen LogP contribution >= 0.6 is 11.6 Å². The second kappa shape index (κ2) is 8.88. The van der Waals surface area contributed by atoms with E-state index in [-0.39, 0.29) is 23.1 Å². The Kier molecular flexibility index (Phi) is 6.81. The molecule has 0 fully saturated rings. The number of amides is 1. The number of rotatable bonds is 7. The quantitative estimate of drug-likeness (QED) is 0.708. The number of nitrogens with zero attached hydrogens (tertiary/aromatic N) is 1. The van der Waals surface area contributed by atoms with Gasteiger partial charge in [0.15, 0.2) is 0 Å². The molecule has 144 valence electrons. The first kappa shape index (κ1) is 20.7. The Balaban J connectivity index is 2.41. The zero-order valence-electron chi connectivity index (χ0n) is 14.8. The molecule has 2 aromatic carbocycles. The molecule has 0 saturated carbocycles. The molecule has 0 saturated heterocycles. The first-order valence-electron chi connectivity index (χ1n) is 8.05. The van der Waals surface area contributed by atoms with Crippen LogP contribution in [-0.4, -0.2) is 33.4 Å². The molecule has 0 unspecified atom stereocenters. The van der Waals surface area contributed by atoms with Gasteiger partial charge < -0.3 is 10.1 Å². The number of carbonyl (C=O) groups excluding carboxylic acids is 2. The van der Waals surface area contributed by atoms with Gasteiger partial charge in [-0.05, 0) is 55.5 Å². The molecule has 0 heterocycles. The lowest BCUT2D eigenvalue weighted by atomic mass is 10.3. The largest absolute Gasteiger partial charge is 0.465 e. The van der Waals surface area contributed by atoms with Crippen LogP contribution in [-0.2, 0) is 24.3 Å². The summed E-state index contributed by atoms with van der Waals surface area (Å²) in [6.07, 6.45) is 0. The Morgan fingerprint density at radius 3 is 2.19 bits per heavy atom. The maximum atomic E-state index is 13.1. The number of ether oxygens (including phenoxy) is 1. The van der Waals surface area contributed by atoms with Crippen molar-refractivity contribution >= 4 is 44.9 Å². The van der Waals surface area contributed by atoms with Crippen molar-refractivity contribution in [3.05, 3.63) is 53.6 Å².